The molecule has 7 heteroatoms. The lowest BCUT2D eigenvalue weighted by Gasteiger charge is -2.24. The number of rotatable bonds is 8. The number of nitrogens with one attached hydrogen (secondary N) is 1. The fourth-order valence-electron chi connectivity index (χ4n) is 2.12. The number of hydrogen-bond donors (Lipinski definition) is 1. The van der Waals surface area contributed by atoms with Crippen LogP contribution in [0.2, 0.25) is 5.02 Å². The molecule has 134 valence electrons. The molecule has 2 amide bonds. The molecule has 0 atom stereocenters. The Kier molecular flexibility index (Phi) is 7.85. The van der Waals surface area contributed by atoms with Crippen LogP contribution >= 0.6 is 11.6 Å². The van der Waals surface area contributed by atoms with Crippen LogP contribution in [0, 0.1) is 5.92 Å². The lowest BCUT2D eigenvalue weighted by Crippen LogP contribution is -2.35. The highest BCUT2D eigenvalue weighted by molar-refractivity contribution is 6.32. The van der Waals surface area contributed by atoms with Crippen molar-refractivity contribution in [3.63, 3.8) is 0 Å². The van der Waals surface area contributed by atoms with E-state index in [0.29, 0.717) is 34.7 Å². The highest BCUT2D eigenvalue weighted by Gasteiger charge is 2.20. The predicted octanol–water partition coefficient (Wildman–Crippen LogP) is 2.87. The predicted molar refractivity (Wildman–Crippen MR) is 95.0 cm³/mol. The van der Waals surface area contributed by atoms with Crippen LogP contribution in [0.1, 0.15) is 27.2 Å². The number of methoxy groups -OCH3 is 2. The number of nitrogens with zero attached hydrogens (tertiary/aromatic N) is 1. The summed E-state index contributed by atoms with van der Waals surface area (Å²) >= 11 is 6.09. The van der Waals surface area contributed by atoms with Crippen molar-refractivity contribution in [1.29, 1.82) is 0 Å². The van der Waals surface area contributed by atoms with Gasteiger partial charge < -0.3 is 19.7 Å². The lowest BCUT2D eigenvalue weighted by atomic mass is 10.2. The number of hydrogen-bond acceptors (Lipinski definition) is 4. The van der Waals surface area contributed by atoms with Crippen molar-refractivity contribution in [3.05, 3.63) is 17.2 Å². The van der Waals surface area contributed by atoms with Crippen LogP contribution < -0.4 is 19.7 Å². The molecular formula is C17H25ClN2O4. The van der Waals surface area contributed by atoms with Crippen molar-refractivity contribution in [2.24, 2.45) is 5.92 Å². The van der Waals surface area contributed by atoms with Gasteiger partial charge in [-0.1, -0.05) is 25.4 Å². The average molecular weight is 357 g/mol. The highest BCUT2D eigenvalue weighted by atomic mass is 35.5. The van der Waals surface area contributed by atoms with Gasteiger partial charge in [0.15, 0.2) is 0 Å². The van der Waals surface area contributed by atoms with Crippen LogP contribution in [0.4, 0.5) is 5.69 Å². The van der Waals surface area contributed by atoms with Crippen molar-refractivity contribution >= 4 is 29.1 Å². The summed E-state index contributed by atoms with van der Waals surface area (Å²) in [6.45, 7) is 6.32. The molecule has 1 aromatic rings. The van der Waals surface area contributed by atoms with Gasteiger partial charge in [0.1, 0.15) is 11.5 Å². The molecule has 0 bridgehead atoms. The van der Waals surface area contributed by atoms with E-state index in [-0.39, 0.29) is 24.8 Å². The van der Waals surface area contributed by atoms with Crippen LogP contribution in [0.25, 0.3) is 0 Å². The van der Waals surface area contributed by atoms with Gasteiger partial charge in [-0.25, -0.2) is 0 Å². The van der Waals surface area contributed by atoms with Crippen molar-refractivity contribution < 1.29 is 19.1 Å². The molecule has 0 saturated heterocycles. The van der Waals surface area contributed by atoms with Crippen LogP contribution in [-0.4, -0.2) is 39.1 Å². The first-order chi connectivity index (χ1) is 11.3. The van der Waals surface area contributed by atoms with E-state index in [2.05, 4.69) is 5.32 Å². The zero-order valence-corrected chi connectivity index (χ0v) is 15.6. The summed E-state index contributed by atoms with van der Waals surface area (Å²) in [5.74, 6) is 0.948. The molecule has 0 aliphatic rings. The molecule has 1 aromatic carbocycles. The number of benzene rings is 1. The van der Waals surface area contributed by atoms with E-state index in [1.807, 2.05) is 13.8 Å². The number of halogens is 1. The highest BCUT2D eigenvalue weighted by Crippen LogP contribution is 2.38. The Morgan fingerprint density at radius 2 is 1.83 bits per heavy atom. The van der Waals surface area contributed by atoms with Crippen molar-refractivity contribution in [2.75, 3.05) is 32.2 Å². The average Bonchev–Trinajstić information content (AvgIpc) is 2.53. The van der Waals surface area contributed by atoms with Crippen LogP contribution in [0.3, 0.4) is 0 Å². The van der Waals surface area contributed by atoms with Gasteiger partial charge in [-0.3, -0.25) is 9.59 Å². The molecule has 0 fully saturated rings. The van der Waals surface area contributed by atoms with E-state index in [0.717, 1.165) is 0 Å². The van der Waals surface area contributed by atoms with Gasteiger partial charge in [-0.15, -0.1) is 0 Å². The van der Waals surface area contributed by atoms with Gasteiger partial charge >= 0.3 is 0 Å². The molecule has 24 heavy (non-hydrogen) atoms. The summed E-state index contributed by atoms with van der Waals surface area (Å²) in [4.78, 5) is 25.4. The van der Waals surface area contributed by atoms with E-state index >= 15 is 0 Å². The molecule has 6 nitrogen and oxygen atoms in total. The summed E-state index contributed by atoms with van der Waals surface area (Å²) in [6, 6.07) is 3.22. The number of ether oxygens (including phenoxy) is 2. The number of carbonyl (C=O) groups excluding carboxylic acids is 2. The second-order valence-corrected chi connectivity index (χ2v) is 6.18. The molecule has 0 saturated carbocycles. The first kappa shape index (κ1) is 20.1. The first-order valence-corrected chi connectivity index (χ1v) is 8.14. The number of anilines is 1. The fourth-order valence-corrected chi connectivity index (χ4v) is 2.35. The van der Waals surface area contributed by atoms with Crippen molar-refractivity contribution in [3.8, 4) is 11.5 Å². The summed E-state index contributed by atoms with van der Waals surface area (Å²) in [7, 11) is 2.99. The van der Waals surface area contributed by atoms with Crippen LogP contribution in [-0.2, 0) is 9.59 Å². The summed E-state index contributed by atoms with van der Waals surface area (Å²) in [6.07, 6.45) is 0.195. The SMILES string of the molecule is COc1cc(N(CCC(=O)NCC(C)C)C(C)=O)c(OC)cc1Cl. The molecule has 1 rings (SSSR count). The smallest absolute Gasteiger partial charge is 0.223 e. The number of carbonyl (C=O) groups is 2. The van der Waals surface area contributed by atoms with Gasteiger partial charge in [0, 0.05) is 38.6 Å². The lowest BCUT2D eigenvalue weighted by molar-refractivity contribution is -0.121. The molecule has 0 aliphatic heterocycles. The Morgan fingerprint density at radius 3 is 2.33 bits per heavy atom. The standard InChI is InChI=1S/C17H25ClN2O4/c1-11(2)10-19-17(22)6-7-20(12(3)21)14-9-15(23-4)13(18)8-16(14)24-5/h8-9,11H,6-7,10H2,1-5H3,(H,19,22). The molecule has 1 N–H and O–H groups in total. The normalized spacial score (nSPS) is 10.5. The second-order valence-electron chi connectivity index (χ2n) is 5.78. The molecule has 0 spiro atoms. The third kappa shape index (κ3) is 5.60. The molecule has 0 radical (unpaired) electrons. The quantitative estimate of drug-likeness (QED) is 0.777. The van der Waals surface area contributed by atoms with Gasteiger partial charge in [-0.05, 0) is 5.92 Å². The van der Waals surface area contributed by atoms with Crippen molar-refractivity contribution in [2.45, 2.75) is 27.2 Å². The Bertz CT molecular complexity index is 590. The third-order valence-corrected chi connectivity index (χ3v) is 3.69. The van der Waals surface area contributed by atoms with Crippen LogP contribution in [0.15, 0.2) is 12.1 Å². The third-order valence-electron chi connectivity index (χ3n) is 3.39. The van der Waals surface area contributed by atoms with Crippen LogP contribution in [0.5, 0.6) is 11.5 Å². The molecule has 0 heterocycles. The zero-order valence-electron chi connectivity index (χ0n) is 14.8. The minimum atomic E-state index is -0.200. The van der Waals surface area contributed by atoms with E-state index in [1.54, 1.807) is 12.1 Å². The Labute approximate surface area is 148 Å². The largest absolute Gasteiger partial charge is 0.495 e. The van der Waals surface area contributed by atoms with Gasteiger partial charge in [0.2, 0.25) is 11.8 Å². The summed E-state index contributed by atoms with van der Waals surface area (Å²) in [5, 5.41) is 3.22. The van der Waals surface area contributed by atoms with E-state index < -0.39 is 0 Å². The molecule has 0 aromatic heterocycles. The maximum atomic E-state index is 12.0. The minimum absolute atomic E-state index is 0.102. The minimum Gasteiger partial charge on any atom is -0.495 e. The fraction of sp³-hybridized carbons (Fsp3) is 0.529. The van der Waals surface area contributed by atoms with Gasteiger partial charge in [0.25, 0.3) is 0 Å². The van der Waals surface area contributed by atoms with Gasteiger partial charge in [-0.2, -0.15) is 0 Å². The maximum absolute atomic E-state index is 12.0. The summed E-state index contributed by atoms with van der Waals surface area (Å²) in [5.41, 5.74) is 0.517. The van der Waals surface area contributed by atoms with Crippen molar-refractivity contribution in [1.82, 2.24) is 5.32 Å². The van der Waals surface area contributed by atoms with E-state index in [1.165, 1.54) is 26.0 Å². The monoisotopic (exact) mass is 356 g/mol. The number of amides is 2. The van der Waals surface area contributed by atoms with Gasteiger partial charge in [0.05, 0.1) is 24.9 Å². The first-order valence-electron chi connectivity index (χ1n) is 7.76. The molecule has 0 unspecified atom stereocenters. The maximum Gasteiger partial charge on any atom is 0.223 e. The molecule has 0 aliphatic carbocycles. The Morgan fingerprint density at radius 1 is 1.21 bits per heavy atom. The second kappa shape index (κ2) is 9.37. The topological polar surface area (TPSA) is 67.9 Å². The zero-order chi connectivity index (χ0) is 18.3. The Hall–Kier alpha value is -1.95. The molecular weight excluding hydrogens is 332 g/mol. The van der Waals surface area contributed by atoms with E-state index in [9.17, 15) is 9.59 Å². The Balaban J connectivity index is 2.96. The van der Waals surface area contributed by atoms with E-state index in [4.69, 9.17) is 21.1 Å². The summed E-state index contributed by atoms with van der Waals surface area (Å²) < 4.78 is 10.5.